The number of thioether (sulfide) groups is 1. The van der Waals surface area contributed by atoms with E-state index >= 15 is 0 Å². The van der Waals surface area contributed by atoms with Crippen LogP contribution < -0.4 is 10.1 Å². The minimum Gasteiger partial charge on any atom is -0.494 e. The smallest absolute Gasteiger partial charge is 0.206 e. The van der Waals surface area contributed by atoms with Gasteiger partial charge in [-0.15, -0.1) is 10.2 Å². The molecule has 0 unspecified atom stereocenters. The van der Waals surface area contributed by atoms with E-state index in [-0.39, 0.29) is 0 Å². The van der Waals surface area contributed by atoms with Crippen molar-refractivity contribution in [2.24, 2.45) is 0 Å². The number of hydrogen-bond acceptors (Lipinski definition) is 7. The van der Waals surface area contributed by atoms with Gasteiger partial charge in [-0.1, -0.05) is 29.2 Å². The lowest BCUT2D eigenvalue weighted by Crippen LogP contribution is -2.06. The zero-order chi connectivity index (χ0) is 16.5. The van der Waals surface area contributed by atoms with Crippen molar-refractivity contribution in [3.05, 3.63) is 29.3 Å². The number of benzene rings is 1. The van der Waals surface area contributed by atoms with Gasteiger partial charge in [-0.3, -0.25) is 0 Å². The first kappa shape index (κ1) is 18.0. The van der Waals surface area contributed by atoms with Crippen LogP contribution >= 0.6 is 23.1 Å². The van der Waals surface area contributed by atoms with Crippen LogP contribution in [0.5, 0.6) is 5.75 Å². The average Bonchev–Trinajstić information content (AvgIpc) is 2.94. The van der Waals surface area contributed by atoms with Gasteiger partial charge in [0, 0.05) is 19.4 Å². The Morgan fingerprint density at radius 2 is 1.91 bits per heavy atom. The van der Waals surface area contributed by atoms with Crippen molar-refractivity contribution in [1.82, 2.24) is 10.2 Å². The number of rotatable bonds is 10. The SMILES string of the molecule is COCCNc1nnc(SCCCOc2cc(C)cc(C)c2)s1. The molecule has 1 heterocycles. The van der Waals surface area contributed by atoms with Crippen molar-refractivity contribution in [3.8, 4) is 5.75 Å². The van der Waals surface area contributed by atoms with E-state index in [1.807, 2.05) is 0 Å². The Morgan fingerprint density at radius 1 is 1.13 bits per heavy atom. The zero-order valence-corrected chi connectivity index (χ0v) is 15.4. The van der Waals surface area contributed by atoms with E-state index in [9.17, 15) is 0 Å². The topological polar surface area (TPSA) is 56.3 Å². The summed E-state index contributed by atoms with van der Waals surface area (Å²) in [5.41, 5.74) is 2.47. The first-order chi connectivity index (χ1) is 11.2. The van der Waals surface area contributed by atoms with Gasteiger partial charge in [-0.25, -0.2) is 0 Å². The molecule has 0 amide bonds. The van der Waals surface area contributed by atoms with Crippen molar-refractivity contribution in [2.75, 3.05) is 37.9 Å². The molecule has 0 radical (unpaired) electrons. The highest BCUT2D eigenvalue weighted by molar-refractivity contribution is 8.01. The molecule has 0 atom stereocenters. The molecule has 1 N–H and O–H groups in total. The Bertz CT molecular complexity index is 585. The lowest BCUT2D eigenvalue weighted by atomic mass is 10.1. The van der Waals surface area contributed by atoms with Gasteiger partial charge in [-0.2, -0.15) is 0 Å². The molecule has 0 bridgehead atoms. The molecule has 0 aliphatic carbocycles. The summed E-state index contributed by atoms with van der Waals surface area (Å²) < 4.78 is 11.8. The van der Waals surface area contributed by atoms with Gasteiger partial charge in [-0.05, 0) is 43.5 Å². The molecule has 0 fully saturated rings. The molecule has 0 aliphatic heterocycles. The number of aryl methyl sites for hydroxylation is 2. The molecule has 0 spiro atoms. The van der Waals surface area contributed by atoms with Gasteiger partial charge < -0.3 is 14.8 Å². The number of nitrogens with one attached hydrogen (secondary N) is 1. The fraction of sp³-hybridized carbons (Fsp3) is 0.500. The van der Waals surface area contributed by atoms with Crippen LogP contribution in [-0.4, -0.2) is 42.8 Å². The second-order valence-electron chi connectivity index (χ2n) is 5.17. The van der Waals surface area contributed by atoms with Crippen LogP contribution in [0, 0.1) is 13.8 Å². The Labute approximate surface area is 145 Å². The molecular formula is C16H23N3O2S2. The maximum Gasteiger partial charge on any atom is 0.206 e. The molecule has 0 saturated carbocycles. The first-order valence-corrected chi connectivity index (χ1v) is 9.38. The minimum atomic E-state index is 0.665. The van der Waals surface area contributed by atoms with Crippen LogP contribution in [0.25, 0.3) is 0 Å². The summed E-state index contributed by atoms with van der Waals surface area (Å²) >= 11 is 3.29. The van der Waals surface area contributed by atoms with E-state index in [2.05, 4.69) is 47.6 Å². The summed E-state index contributed by atoms with van der Waals surface area (Å²) in [4.78, 5) is 0. The van der Waals surface area contributed by atoms with E-state index in [0.717, 1.165) is 33.9 Å². The number of aromatic nitrogens is 2. The van der Waals surface area contributed by atoms with Gasteiger partial charge in [0.15, 0.2) is 4.34 Å². The Hall–Kier alpha value is -1.31. The van der Waals surface area contributed by atoms with Crippen molar-refractivity contribution < 1.29 is 9.47 Å². The molecule has 5 nitrogen and oxygen atoms in total. The molecule has 0 aliphatic rings. The molecule has 0 saturated heterocycles. The van der Waals surface area contributed by atoms with Crippen LogP contribution in [-0.2, 0) is 4.74 Å². The highest BCUT2D eigenvalue weighted by Gasteiger charge is 2.04. The second kappa shape index (κ2) is 9.75. The molecule has 7 heteroatoms. The number of methoxy groups -OCH3 is 1. The Morgan fingerprint density at radius 3 is 2.65 bits per heavy atom. The summed E-state index contributed by atoms with van der Waals surface area (Å²) in [7, 11) is 1.68. The maximum atomic E-state index is 5.80. The third-order valence-corrected chi connectivity index (χ3v) is 5.07. The number of hydrogen-bond donors (Lipinski definition) is 1. The lowest BCUT2D eigenvalue weighted by Gasteiger charge is -2.07. The van der Waals surface area contributed by atoms with Gasteiger partial charge >= 0.3 is 0 Å². The van der Waals surface area contributed by atoms with E-state index in [1.165, 1.54) is 11.1 Å². The molecule has 1 aromatic carbocycles. The van der Waals surface area contributed by atoms with Gasteiger partial charge in [0.25, 0.3) is 0 Å². The predicted octanol–water partition coefficient (Wildman–Crippen LogP) is 3.77. The number of ether oxygens (including phenoxy) is 2. The third-order valence-electron chi connectivity index (χ3n) is 2.97. The van der Waals surface area contributed by atoms with Crippen LogP contribution in [0.2, 0.25) is 0 Å². The standard InChI is InChI=1S/C16H23N3O2S2/c1-12-9-13(2)11-14(10-12)21-6-4-8-22-16-19-18-15(23-16)17-5-7-20-3/h9-11H,4-8H2,1-3H3,(H,17,18). The molecule has 2 rings (SSSR count). The first-order valence-electron chi connectivity index (χ1n) is 7.57. The van der Waals surface area contributed by atoms with Gasteiger partial charge in [0.2, 0.25) is 5.13 Å². The fourth-order valence-electron chi connectivity index (χ4n) is 2.02. The molecular weight excluding hydrogens is 330 g/mol. The van der Waals surface area contributed by atoms with E-state index in [0.29, 0.717) is 13.2 Å². The average molecular weight is 354 g/mol. The quantitative estimate of drug-likeness (QED) is 0.518. The lowest BCUT2D eigenvalue weighted by molar-refractivity contribution is 0.211. The molecule has 1 aromatic heterocycles. The maximum absolute atomic E-state index is 5.80. The van der Waals surface area contributed by atoms with Crippen LogP contribution in [0.1, 0.15) is 17.5 Å². The predicted molar refractivity (Wildman–Crippen MR) is 97.0 cm³/mol. The zero-order valence-electron chi connectivity index (χ0n) is 13.8. The van der Waals surface area contributed by atoms with Gasteiger partial charge in [0.05, 0.1) is 13.2 Å². The minimum absolute atomic E-state index is 0.665. The largest absolute Gasteiger partial charge is 0.494 e. The Kier molecular flexibility index (Phi) is 7.64. The van der Waals surface area contributed by atoms with Crippen LogP contribution in [0.3, 0.4) is 0 Å². The second-order valence-corrected chi connectivity index (χ2v) is 7.49. The van der Waals surface area contributed by atoms with Crippen molar-refractivity contribution in [3.63, 3.8) is 0 Å². The van der Waals surface area contributed by atoms with E-state index in [1.54, 1.807) is 30.2 Å². The summed E-state index contributed by atoms with van der Waals surface area (Å²) in [6.07, 6.45) is 0.976. The molecule has 2 aromatic rings. The summed E-state index contributed by atoms with van der Waals surface area (Å²) in [5, 5.41) is 12.3. The highest BCUT2D eigenvalue weighted by atomic mass is 32.2. The molecule has 126 valence electrons. The van der Waals surface area contributed by atoms with Gasteiger partial charge in [0.1, 0.15) is 5.75 Å². The third kappa shape index (κ3) is 6.76. The number of anilines is 1. The summed E-state index contributed by atoms with van der Waals surface area (Å²) in [5.74, 6) is 1.92. The van der Waals surface area contributed by atoms with E-state index < -0.39 is 0 Å². The van der Waals surface area contributed by atoms with Crippen LogP contribution in [0.4, 0.5) is 5.13 Å². The normalized spacial score (nSPS) is 10.7. The van der Waals surface area contributed by atoms with Crippen molar-refractivity contribution in [2.45, 2.75) is 24.6 Å². The summed E-state index contributed by atoms with van der Waals surface area (Å²) in [6.45, 7) is 6.30. The van der Waals surface area contributed by atoms with Crippen molar-refractivity contribution in [1.29, 1.82) is 0 Å². The molecule has 23 heavy (non-hydrogen) atoms. The highest BCUT2D eigenvalue weighted by Crippen LogP contribution is 2.26. The fourth-order valence-corrected chi connectivity index (χ4v) is 3.79. The Balaban J connectivity index is 1.63. The van der Waals surface area contributed by atoms with Crippen LogP contribution in [0.15, 0.2) is 22.5 Å². The van der Waals surface area contributed by atoms with E-state index in [4.69, 9.17) is 9.47 Å². The van der Waals surface area contributed by atoms with Crippen molar-refractivity contribution >= 4 is 28.2 Å². The number of nitrogens with zero attached hydrogens (tertiary/aromatic N) is 2. The summed E-state index contributed by atoms with van der Waals surface area (Å²) in [6, 6.07) is 6.29. The monoisotopic (exact) mass is 353 g/mol.